The Hall–Kier alpha value is -0.570. The monoisotopic (exact) mass is 318 g/mol. The van der Waals surface area contributed by atoms with E-state index in [9.17, 15) is 4.79 Å². The van der Waals surface area contributed by atoms with Gasteiger partial charge in [0.05, 0.1) is 5.41 Å². The van der Waals surface area contributed by atoms with Crippen molar-refractivity contribution in [2.45, 2.75) is 65.2 Å². The molecule has 130 valence electrons. The van der Waals surface area contributed by atoms with Gasteiger partial charge in [-0.05, 0) is 87.6 Å². The average Bonchev–Trinajstić information content (AvgIpc) is 2.43. The van der Waals surface area contributed by atoms with Crippen LogP contribution in [-0.2, 0) is 4.79 Å². The summed E-state index contributed by atoms with van der Waals surface area (Å²) < 4.78 is 0. The lowest BCUT2D eigenvalue weighted by Gasteiger charge is -2.65. The van der Waals surface area contributed by atoms with Crippen molar-refractivity contribution in [3.63, 3.8) is 0 Å². The SMILES string of the molecule is CNCC1CCCN(C(=O)C23CC4CC(C)(CC(C)(C4)C2)C3)C1. The number of hydrogen-bond donors (Lipinski definition) is 1. The van der Waals surface area contributed by atoms with Gasteiger partial charge in [-0.15, -0.1) is 0 Å². The minimum atomic E-state index is -0.00947. The third kappa shape index (κ3) is 2.63. The van der Waals surface area contributed by atoms with Crippen LogP contribution in [0.3, 0.4) is 0 Å². The predicted molar refractivity (Wildman–Crippen MR) is 93.1 cm³/mol. The van der Waals surface area contributed by atoms with Crippen molar-refractivity contribution in [2.24, 2.45) is 28.1 Å². The first kappa shape index (κ1) is 15.9. The Kier molecular flexibility index (Phi) is 3.61. The van der Waals surface area contributed by atoms with E-state index in [-0.39, 0.29) is 5.41 Å². The van der Waals surface area contributed by atoms with E-state index in [4.69, 9.17) is 0 Å². The lowest BCUT2D eigenvalue weighted by molar-refractivity contribution is -0.180. The number of carbonyl (C=O) groups excluding carboxylic acids is 1. The maximum absolute atomic E-state index is 13.6. The molecule has 0 aromatic rings. The van der Waals surface area contributed by atoms with Crippen LogP contribution in [0.1, 0.15) is 65.2 Å². The van der Waals surface area contributed by atoms with Crippen molar-refractivity contribution >= 4 is 5.91 Å². The van der Waals surface area contributed by atoms with Crippen LogP contribution in [0.25, 0.3) is 0 Å². The van der Waals surface area contributed by atoms with Gasteiger partial charge in [0.2, 0.25) is 5.91 Å². The third-order valence-electron chi connectivity index (χ3n) is 7.38. The molecule has 5 fully saturated rings. The molecule has 5 rings (SSSR count). The number of nitrogens with one attached hydrogen (secondary N) is 1. The lowest BCUT2D eigenvalue weighted by atomic mass is 9.40. The maximum atomic E-state index is 13.6. The zero-order valence-electron chi connectivity index (χ0n) is 15.3. The highest BCUT2D eigenvalue weighted by Crippen LogP contribution is 2.69. The van der Waals surface area contributed by atoms with Gasteiger partial charge >= 0.3 is 0 Å². The molecule has 0 spiro atoms. The Morgan fingerprint density at radius 1 is 1.13 bits per heavy atom. The van der Waals surface area contributed by atoms with Gasteiger partial charge < -0.3 is 10.2 Å². The van der Waals surface area contributed by atoms with E-state index in [1.165, 1.54) is 38.5 Å². The molecule has 4 bridgehead atoms. The van der Waals surface area contributed by atoms with Crippen LogP contribution in [-0.4, -0.2) is 37.5 Å². The average molecular weight is 319 g/mol. The Balaban J connectivity index is 1.56. The first-order valence-electron chi connectivity index (χ1n) is 9.80. The minimum Gasteiger partial charge on any atom is -0.342 e. The van der Waals surface area contributed by atoms with Gasteiger partial charge in [-0.25, -0.2) is 0 Å². The lowest BCUT2D eigenvalue weighted by Crippen LogP contribution is -2.61. The number of piperidine rings is 1. The minimum absolute atomic E-state index is 0.00947. The summed E-state index contributed by atoms with van der Waals surface area (Å²) in [7, 11) is 2.03. The number of carbonyl (C=O) groups is 1. The first-order chi connectivity index (χ1) is 10.9. The fraction of sp³-hybridized carbons (Fsp3) is 0.950. The smallest absolute Gasteiger partial charge is 0.228 e. The molecule has 0 aromatic heterocycles. The van der Waals surface area contributed by atoms with Gasteiger partial charge in [-0.1, -0.05) is 13.8 Å². The number of rotatable bonds is 3. The summed E-state index contributed by atoms with van der Waals surface area (Å²) in [6.07, 6.45) is 10.1. The molecule has 23 heavy (non-hydrogen) atoms. The molecular weight excluding hydrogens is 284 g/mol. The normalized spacial score (nSPS) is 48.7. The fourth-order valence-electron chi connectivity index (χ4n) is 7.73. The highest BCUT2D eigenvalue weighted by Gasteiger charge is 2.63. The van der Waals surface area contributed by atoms with Gasteiger partial charge in [0.15, 0.2) is 0 Å². The van der Waals surface area contributed by atoms with E-state index >= 15 is 0 Å². The third-order valence-corrected chi connectivity index (χ3v) is 7.38. The molecular formula is C20H34N2O. The molecule has 5 aliphatic rings. The topological polar surface area (TPSA) is 32.3 Å². The summed E-state index contributed by atoms with van der Waals surface area (Å²) in [4.78, 5) is 15.8. The predicted octanol–water partition coefficient (Wildman–Crippen LogP) is 3.44. The number of amides is 1. The Labute approximate surface area is 141 Å². The molecule has 1 amide bonds. The van der Waals surface area contributed by atoms with Crippen LogP contribution in [0.2, 0.25) is 0 Å². The summed E-state index contributed by atoms with van der Waals surface area (Å²) in [5, 5.41) is 3.31. The molecule has 0 radical (unpaired) electrons. The van der Waals surface area contributed by atoms with E-state index in [0.717, 1.165) is 38.4 Å². The molecule has 3 unspecified atom stereocenters. The number of hydrogen-bond acceptors (Lipinski definition) is 2. The highest BCUT2D eigenvalue weighted by atomic mass is 16.2. The summed E-state index contributed by atoms with van der Waals surface area (Å²) in [5.41, 5.74) is 0.860. The summed E-state index contributed by atoms with van der Waals surface area (Å²) in [6, 6.07) is 0. The van der Waals surface area contributed by atoms with Crippen LogP contribution in [0, 0.1) is 28.1 Å². The zero-order chi connectivity index (χ0) is 16.3. The molecule has 1 aliphatic heterocycles. The van der Waals surface area contributed by atoms with Gasteiger partial charge in [-0.3, -0.25) is 4.79 Å². The molecule has 3 nitrogen and oxygen atoms in total. The van der Waals surface area contributed by atoms with Gasteiger partial charge in [0.25, 0.3) is 0 Å². The number of likely N-dealkylation sites (tertiary alicyclic amines) is 1. The van der Waals surface area contributed by atoms with E-state index in [0.29, 0.717) is 22.7 Å². The van der Waals surface area contributed by atoms with Crippen molar-refractivity contribution in [1.29, 1.82) is 0 Å². The Morgan fingerprint density at radius 2 is 1.83 bits per heavy atom. The van der Waals surface area contributed by atoms with Crippen molar-refractivity contribution in [3.05, 3.63) is 0 Å². The summed E-state index contributed by atoms with van der Waals surface area (Å²) in [6.45, 7) is 7.97. The molecule has 1 saturated heterocycles. The summed E-state index contributed by atoms with van der Waals surface area (Å²) in [5.74, 6) is 1.99. The van der Waals surface area contributed by atoms with Gasteiger partial charge in [0.1, 0.15) is 0 Å². The molecule has 1 N–H and O–H groups in total. The van der Waals surface area contributed by atoms with Crippen LogP contribution in [0.15, 0.2) is 0 Å². The second-order valence-electron chi connectivity index (χ2n) is 10.2. The molecule has 4 aliphatic carbocycles. The Morgan fingerprint density at radius 3 is 2.43 bits per heavy atom. The second kappa shape index (κ2) is 5.21. The quantitative estimate of drug-likeness (QED) is 0.864. The maximum Gasteiger partial charge on any atom is 0.228 e. The largest absolute Gasteiger partial charge is 0.342 e. The number of nitrogens with zero attached hydrogens (tertiary/aromatic N) is 1. The molecule has 0 aromatic carbocycles. The van der Waals surface area contributed by atoms with E-state index in [2.05, 4.69) is 24.1 Å². The molecule has 4 saturated carbocycles. The van der Waals surface area contributed by atoms with Crippen LogP contribution < -0.4 is 5.32 Å². The van der Waals surface area contributed by atoms with E-state index in [1.54, 1.807) is 0 Å². The second-order valence-corrected chi connectivity index (χ2v) is 10.2. The van der Waals surface area contributed by atoms with Crippen molar-refractivity contribution < 1.29 is 4.79 Å². The zero-order valence-corrected chi connectivity index (χ0v) is 15.3. The highest BCUT2D eigenvalue weighted by molar-refractivity contribution is 5.83. The van der Waals surface area contributed by atoms with Crippen molar-refractivity contribution in [2.75, 3.05) is 26.7 Å². The molecule has 3 atom stereocenters. The van der Waals surface area contributed by atoms with Crippen LogP contribution in [0.4, 0.5) is 0 Å². The van der Waals surface area contributed by atoms with Crippen molar-refractivity contribution in [1.82, 2.24) is 10.2 Å². The Bertz CT molecular complexity index is 482. The molecule has 1 heterocycles. The summed E-state index contributed by atoms with van der Waals surface area (Å²) >= 11 is 0. The standard InChI is InChI=1S/C20H34N2O/c1-18-7-16-8-19(2,12-18)14-20(9-16,13-18)17(23)22-6-4-5-15(11-22)10-21-3/h15-16,21H,4-14H2,1-3H3. The first-order valence-corrected chi connectivity index (χ1v) is 9.80. The molecule has 3 heteroatoms. The fourth-order valence-corrected chi connectivity index (χ4v) is 7.73. The van der Waals surface area contributed by atoms with Gasteiger partial charge in [0, 0.05) is 13.1 Å². The van der Waals surface area contributed by atoms with Crippen LogP contribution >= 0.6 is 0 Å². The van der Waals surface area contributed by atoms with Crippen LogP contribution in [0.5, 0.6) is 0 Å². The van der Waals surface area contributed by atoms with Crippen molar-refractivity contribution in [3.8, 4) is 0 Å². The van der Waals surface area contributed by atoms with E-state index < -0.39 is 0 Å². The van der Waals surface area contributed by atoms with Gasteiger partial charge in [-0.2, -0.15) is 0 Å². The van der Waals surface area contributed by atoms with E-state index in [1.807, 2.05) is 7.05 Å².